The summed E-state index contributed by atoms with van der Waals surface area (Å²) in [5, 5.41) is 9.16. The van der Waals surface area contributed by atoms with E-state index in [1.165, 1.54) is 5.57 Å². The molecule has 0 aliphatic heterocycles. The zero-order valence-corrected chi connectivity index (χ0v) is 6.31. The number of rotatable bonds is 0. The molecule has 0 spiro atoms. The molecule has 0 aromatic rings. The van der Waals surface area contributed by atoms with Gasteiger partial charge in [-0.1, -0.05) is 25.5 Å². The van der Waals surface area contributed by atoms with Crippen molar-refractivity contribution in [3.05, 3.63) is 11.6 Å². The van der Waals surface area contributed by atoms with E-state index in [4.69, 9.17) is 5.11 Å². The number of aliphatic hydroxyl groups excluding tert-OH is 1. The molecule has 0 aromatic carbocycles. The second kappa shape index (κ2) is 1.84. The molecule has 0 heterocycles. The van der Waals surface area contributed by atoms with Gasteiger partial charge in [0.25, 0.3) is 0 Å². The number of aliphatic hydroxyl groups is 1. The summed E-state index contributed by atoms with van der Waals surface area (Å²) in [6, 6.07) is 0. The summed E-state index contributed by atoms with van der Waals surface area (Å²) in [7, 11) is 0. The van der Waals surface area contributed by atoms with Gasteiger partial charge in [-0.2, -0.15) is 0 Å². The summed E-state index contributed by atoms with van der Waals surface area (Å²) < 4.78 is 0. The minimum Gasteiger partial charge on any atom is -0.389 e. The van der Waals surface area contributed by atoms with Crippen LogP contribution in [0.4, 0.5) is 0 Å². The molecule has 1 aliphatic rings. The molecule has 0 bridgehead atoms. The molecule has 1 nitrogen and oxygen atoms in total. The predicted octanol–water partition coefficient (Wildman–Crippen LogP) is 1.72. The van der Waals surface area contributed by atoms with Gasteiger partial charge >= 0.3 is 0 Å². The van der Waals surface area contributed by atoms with E-state index in [0.717, 1.165) is 6.42 Å². The van der Waals surface area contributed by atoms with Crippen LogP contribution in [0.5, 0.6) is 0 Å². The lowest BCUT2D eigenvalue weighted by Gasteiger charge is -2.19. The van der Waals surface area contributed by atoms with Gasteiger partial charge in [0.05, 0.1) is 6.10 Å². The van der Waals surface area contributed by atoms with Crippen molar-refractivity contribution in [3.8, 4) is 0 Å². The fraction of sp³-hybridized carbons (Fsp3) is 0.750. The molecule has 1 N–H and O–H groups in total. The maximum Gasteiger partial charge on any atom is 0.0731 e. The lowest BCUT2D eigenvalue weighted by molar-refractivity contribution is 0.190. The van der Waals surface area contributed by atoms with Crippen LogP contribution < -0.4 is 0 Å². The van der Waals surface area contributed by atoms with Crippen LogP contribution >= 0.6 is 0 Å². The SMILES string of the molecule is CC1=CC(O)CC1(C)C. The van der Waals surface area contributed by atoms with Crippen LogP contribution in [0.2, 0.25) is 0 Å². The zero-order valence-electron chi connectivity index (χ0n) is 6.31. The smallest absolute Gasteiger partial charge is 0.0731 e. The predicted molar refractivity (Wildman–Crippen MR) is 38.2 cm³/mol. The molecular formula is C8H14O. The summed E-state index contributed by atoms with van der Waals surface area (Å²) in [4.78, 5) is 0. The Morgan fingerprint density at radius 2 is 2.22 bits per heavy atom. The first-order chi connectivity index (χ1) is 4.02. The van der Waals surface area contributed by atoms with E-state index < -0.39 is 0 Å². The summed E-state index contributed by atoms with van der Waals surface area (Å²) in [5.74, 6) is 0. The van der Waals surface area contributed by atoms with Crippen LogP contribution in [0, 0.1) is 5.41 Å². The van der Waals surface area contributed by atoms with Crippen molar-refractivity contribution in [3.63, 3.8) is 0 Å². The van der Waals surface area contributed by atoms with Crippen LogP contribution in [-0.2, 0) is 0 Å². The maximum atomic E-state index is 9.16. The number of allylic oxidation sites excluding steroid dienone is 1. The molecule has 0 amide bonds. The van der Waals surface area contributed by atoms with Gasteiger partial charge in [-0.05, 0) is 18.8 Å². The van der Waals surface area contributed by atoms with E-state index in [2.05, 4.69) is 20.8 Å². The standard InChI is InChI=1S/C8H14O/c1-6-4-7(9)5-8(6,2)3/h4,7,9H,5H2,1-3H3. The Kier molecular flexibility index (Phi) is 1.39. The first-order valence-electron chi connectivity index (χ1n) is 3.39. The van der Waals surface area contributed by atoms with Crippen molar-refractivity contribution in [2.75, 3.05) is 0 Å². The minimum atomic E-state index is -0.194. The van der Waals surface area contributed by atoms with Crippen LogP contribution in [-0.4, -0.2) is 11.2 Å². The molecular weight excluding hydrogens is 112 g/mol. The maximum absolute atomic E-state index is 9.16. The van der Waals surface area contributed by atoms with Crippen molar-refractivity contribution in [1.29, 1.82) is 0 Å². The van der Waals surface area contributed by atoms with Crippen molar-refractivity contribution >= 4 is 0 Å². The molecule has 0 saturated carbocycles. The van der Waals surface area contributed by atoms with Gasteiger partial charge in [0.1, 0.15) is 0 Å². The summed E-state index contributed by atoms with van der Waals surface area (Å²) >= 11 is 0. The van der Waals surface area contributed by atoms with Gasteiger partial charge in [-0.15, -0.1) is 0 Å². The minimum absolute atomic E-state index is 0.194. The molecule has 1 heteroatoms. The fourth-order valence-electron chi connectivity index (χ4n) is 1.26. The van der Waals surface area contributed by atoms with Gasteiger partial charge in [0.2, 0.25) is 0 Å². The molecule has 0 saturated heterocycles. The lowest BCUT2D eigenvalue weighted by atomic mass is 9.87. The quantitative estimate of drug-likeness (QED) is 0.490. The highest BCUT2D eigenvalue weighted by atomic mass is 16.3. The van der Waals surface area contributed by atoms with Crippen molar-refractivity contribution in [1.82, 2.24) is 0 Å². The summed E-state index contributed by atoms with van der Waals surface area (Å²) in [6.07, 6.45) is 2.64. The summed E-state index contributed by atoms with van der Waals surface area (Å²) in [5.41, 5.74) is 1.55. The Bertz CT molecular complexity index is 145. The van der Waals surface area contributed by atoms with Crippen LogP contribution in [0.25, 0.3) is 0 Å². The molecule has 1 rings (SSSR count). The number of hydrogen-bond acceptors (Lipinski definition) is 1. The topological polar surface area (TPSA) is 20.2 Å². The zero-order chi connectivity index (χ0) is 7.07. The Morgan fingerprint density at radius 3 is 2.33 bits per heavy atom. The van der Waals surface area contributed by atoms with Gasteiger partial charge in [0, 0.05) is 0 Å². The lowest BCUT2D eigenvalue weighted by Crippen LogP contribution is -2.11. The van der Waals surface area contributed by atoms with E-state index in [0.29, 0.717) is 0 Å². The van der Waals surface area contributed by atoms with Gasteiger partial charge in [0.15, 0.2) is 0 Å². The molecule has 1 atom stereocenters. The monoisotopic (exact) mass is 126 g/mol. The third kappa shape index (κ3) is 1.16. The Morgan fingerprint density at radius 1 is 1.67 bits per heavy atom. The Hall–Kier alpha value is -0.300. The summed E-state index contributed by atoms with van der Waals surface area (Å²) in [6.45, 7) is 6.40. The highest BCUT2D eigenvalue weighted by Crippen LogP contribution is 2.37. The second-order valence-corrected chi connectivity index (χ2v) is 3.51. The third-order valence-corrected chi connectivity index (χ3v) is 2.23. The van der Waals surface area contributed by atoms with E-state index in [1.807, 2.05) is 6.08 Å². The van der Waals surface area contributed by atoms with Crippen LogP contribution in [0.1, 0.15) is 27.2 Å². The number of hydrogen-bond donors (Lipinski definition) is 1. The third-order valence-electron chi connectivity index (χ3n) is 2.23. The second-order valence-electron chi connectivity index (χ2n) is 3.51. The van der Waals surface area contributed by atoms with E-state index in [9.17, 15) is 0 Å². The molecule has 9 heavy (non-hydrogen) atoms. The van der Waals surface area contributed by atoms with Crippen LogP contribution in [0.3, 0.4) is 0 Å². The molecule has 1 unspecified atom stereocenters. The first-order valence-corrected chi connectivity index (χ1v) is 3.39. The first kappa shape index (κ1) is 6.81. The molecule has 0 aromatic heterocycles. The van der Waals surface area contributed by atoms with Gasteiger partial charge in [-0.3, -0.25) is 0 Å². The highest BCUT2D eigenvalue weighted by Gasteiger charge is 2.28. The molecule has 1 aliphatic carbocycles. The van der Waals surface area contributed by atoms with Crippen molar-refractivity contribution in [2.45, 2.75) is 33.3 Å². The van der Waals surface area contributed by atoms with E-state index >= 15 is 0 Å². The van der Waals surface area contributed by atoms with E-state index in [-0.39, 0.29) is 11.5 Å². The fourth-order valence-corrected chi connectivity index (χ4v) is 1.26. The van der Waals surface area contributed by atoms with E-state index in [1.54, 1.807) is 0 Å². The van der Waals surface area contributed by atoms with Crippen molar-refractivity contribution in [2.24, 2.45) is 5.41 Å². The highest BCUT2D eigenvalue weighted by molar-refractivity contribution is 5.18. The average Bonchev–Trinajstić information content (AvgIpc) is 1.79. The molecule has 52 valence electrons. The average molecular weight is 126 g/mol. The molecule has 0 fully saturated rings. The van der Waals surface area contributed by atoms with Crippen LogP contribution in [0.15, 0.2) is 11.6 Å². The Labute approximate surface area is 56.4 Å². The van der Waals surface area contributed by atoms with Gasteiger partial charge < -0.3 is 5.11 Å². The normalized spacial score (nSPS) is 32.4. The molecule has 0 radical (unpaired) electrons. The Balaban J connectivity index is 2.76. The van der Waals surface area contributed by atoms with Crippen molar-refractivity contribution < 1.29 is 5.11 Å². The van der Waals surface area contributed by atoms with Gasteiger partial charge in [-0.25, -0.2) is 0 Å². The largest absolute Gasteiger partial charge is 0.389 e.